The maximum atomic E-state index is 12.8. The highest BCUT2D eigenvalue weighted by molar-refractivity contribution is 6.20. The van der Waals surface area contributed by atoms with E-state index in [0.29, 0.717) is 12.1 Å². The number of benzene rings is 1. The van der Waals surface area contributed by atoms with Gasteiger partial charge < -0.3 is 5.32 Å². The maximum Gasteiger partial charge on any atom is 0.251 e. The van der Waals surface area contributed by atoms with Crippen LogP contribution in [0.25, 0.3) is 0 Å². The fourth-order valence-electron chi connectivity index (χ4n) is 1.32. The molecule has 1 aromatic carbocycles. The fraction of sp³-hybridized carbons (Fsp3) is 0.417. The Morgan fingerprint density at radius 2 is 2.31 bits per heavy atom. The molecule has 4 heteroatoms. The summed E-state index contributed by atoms with van der Waals surface area (Å²) in [6.07, 6.45) is 1.68. The zero-order chi connectivity index (χ0) is 12.0. The zero-order valence-electron chi connectivity index (χ0n) is 9.17. The van der Waals surface area contributed by atoms with Gasteiger partial charge >= 0.3 is 0 Å². The molecule has 16 heavy (non-hydrogen) atoms. The number of carbonyl (C=O) groups excluding carboxylic acids is 1. The quantitative estimate of drug-likeness (QED) is 0.625. The molecule has 0 aromatic heterocycles. The molecule has 0 saturated heterocycles. The second kappa shape index (κ2) is 6.48. The molecular weight excluding hydrogens is 229 g/mol. The van der Waals surface area contributed by atoms with Gasteiger partial charge in [0, 0.05) is 17.5 Å². The van der Waals surface area contributed by atoms with Crippen molar-refractivity contribution in [1.29, 1.82) is 0 Å². The van der Waals surface area contributed by atoms with E-state index in [1.807, 2.05) is 6.92 Å². The fourth-order valence-corrected chi connectivity index (χ4v) is 1.47. The number of halogens is 2. The Balaban J connectivity index is 2.35. The van der Waals surface area contributed by atoms with Crippen LogP contribution in [0.3, 0.4) is 0 Å². The minimum Gasteiger partial charge on any atom is -0.352 e. The van der Waals surface area contributed by atoms with Gasteiger partial charge in [-0.25, -0.2) is 4.39 Å². The third kappa shape index (κ3) is 4.62. The Labute approximate surface area is 99.8 Å². The Morgan fingerprint density at radius 3 is 2.94 bits per heavy atom. The van der Waals surface area contributed by atoms with Crippen molar-refractivity contribution in [3.05, 3.63) is 35.6 Å². The first kappa shape index (κ1) is 13.0. The number of rotatable bonds is 5. The number of carbonyl (C=O) groups is 1. The molecule has 0 aliphatic heterocycles. The number of hydrogen-bond donors (Lipinski definition) is 1. The van der Waals surface area contributed by atoms with Crippen LogP contribution in [0.15, 0.2) is 24.3 Å². The summed E-state index contributed by atoms with van der Waals surface area (Å²) in [5.74, 6) is -0.649. The van der Waals surface area contributed by atoms with Crippen LogP contribution in [0.4, 0.5) is 4.39 Å². The summed E-state index contributed by atoms with van der Waals surface area (Å²) in [5, 5.41) is 2.83. The SMILES string of the molecule is CC(Cl)CCCNC(=O)c1cccc(F)c1. The van der Waals surface area contributed by atoms with Crippen LogP contribution in [0.2, 0.25) is 0 Å². The highest BCUT2D eigenvalue weighted by atomic mass is 35.5. The largest absolute Gasteiger partial charge is 0.352 e. The van der Waals surface area contributed by atoms with Crippen molar-refractivity contribution in [2.45, 2.75) is 25.1 Å². The van der Waals surface area contributed by atoms with Crippen LogP contribution in [-0.2, 0) is 0 Å². The summed E-state index contributed by atoms with van der Waals surface area (Å²) in [7, 11) is 0. The van der Waals surface area contributed by atoms with E-state index in [0.717, 1.165) is 12.8 Å². The van der Waals surface area contributed by atoms with E-state index in [2.05, 4.69) is 5.32 Å². The van der Waals surface area contributed by atoms with Gasteiger partial charge in [0.1, 0.15) is 5.82 Å². The van der Waals surface area contributed by atoms with Crippen molar-refractivity contribution in [2.24, 2.45) is 0 Å². The average Bonchev–Trinajstić information content (AvgIpc) is 2.24. The molecule has 88 valence electrons. The van der Waals surface area contributed by atoms with Crippen LogP contribution < -0.4 is 5.32 Å². The molecule has 0 aliphatic carbocycles. The summed E-state index contributed by atoms with van der Waals surface area (Å²) in [4.78, 5) is 11.5. The van der Waals surface area contributed by atoms with Gasteiger partial charge in [-0.2, -0.15) is 0 Å². The second-order valence-corrected chi connectivity index (χ2v) is 4.43. The summed E-state index contributed by atoms with van der Waals surface area (Å²) >= 11 is 5.77. The highest BCUT2D eigenvalue weighted by Gasteiger charge is 2.05. The number of alkyl halides is 1. The molecule has 0 heterocycles. The predicted molar refractivity (Wildman–Crippen MR) is 63.3 cm³/mol. The van der Waals surface area contributed by atoms with Crippen LogP contribution in [0.5, 0.6) is 0 Å². The molecule has 0 spiro atoms. The van der Waals surface area contributed by atoms with Gasteiger partial charge in [-0.05, 0) is 38.0 Å². The number of nitrogens with one attached hydrogen (secondary N) is 1. The summed E-state index contributed by atoms with van der Waals surface area (Å²) in [6, 6.07) is 5.64. The van der Waals surface area contributed by atoms with Gasteiger partial charge in [0.15, 0.2) is 0 Å². The zero-order valence-corrected chi connectivity index (χ0v) is 9.93. The van der Waals surface area contributed by atoms with E-state index >= 15 is 0 Å². The minimum absolute atomic E-state index is 0.117. The lowest BCUT2D eigenvalue weighted by molar-refractivity contribution is 0.0952. The third-order valence-electron chi connectivity index (χ3n) is 2.15. The van der Waals surface area contributed by atoms with Gasteiger partial charge in [-0.1, -0.05) is 6.07 Å². The molecule has 1 N–H and O–H groups in total. The molecular formula is C12H15ClFNO. The standard InChI is InChI=1S/C12H15ClFNO/c1-9(13)4-3-7-15-12(16)10-5-2-6-11(14)8-10/h2,5-6,8-9H,3-4,7H2,1H3,(H,15,16). The molecule has 1 aromatic rings. The predicted octanol–water partition coefficient (Wildman–Crippen LogP) is 2.96. The Morgan fingerprint density at radius 1 is 1.56 bits per heavy atom. The molecule has 2 nitrogen and oxygen atoms in total. The van der Waals surface area contributed by atoms with Gasteiger partial charge in [0.25, 0.3) is 5.91 Å². The van der Waals surface area contributed by atoms with Crippen LogP contribution >= 0.6 is 11.6 Å². The Hall–Kier alpha value is -1.09. The molecule has 1 amide bonds. The molecule has 0 fully saturated rings. The van der Waals surface area contributed by atoms with Crippen molar-refractivity contribution >= 4 is 17.5 Å². The second-order valence-electron chi connectivity index (χ2n) is 3.69. The minimum atomic E-state index is -0.401. The first-order chi connectivity index (χ1) is 7.59. The smallest absolute Gasteiger partial charge is 0.251 e. The normalized spacial score (nSPS) is 12.2. The van der Waals surface area contributed by atoms with E-state index in [-0.39, 0.29) is 11.3 Å². The van der Waals surface area contributed by atoms with Crippen molar-refractivity contribution in [3.8, 4) is 0 Å². The number of amides is 1. The Kier molecular flexibility index (Phi) is 5.26. The molecule has 1 rings (SSSR count). The van der Waals surface area contributed by atoms with Crippen LogP contribution in [0.1, 0.15) is 30.1 Å². The van der Waals surface area contributed by atoms with E-state index in [9.17, 15) is 9.18 Å². The van der Waals surface area contributed by atoms with Crippen LogP contribution in [-0.4, -0.2) is 17.8 Å². The maximum absolute atomic E-state index is 12.8. The van der Waals surface area contributed by atoms with E-state index in [1.165, 1.54) is 18.2 Å². The highest BCUT2D eigenvalue weighted by Crippen LogP contribution is 2.04. The molecule has 0 bridgehead atoms. The van der Waals surface area contributed by atoms with Gasteiger partial charge in [0.2, 0.25) is 0 Å². The van der Waals surface area contributed by atoms with Crippen LogP contribution in [0, 0.1) is 5.82 Å². The van der Waals surface area contributed by atoms with E-state index < -0.39 is 5.82 Å². The van der Waals surface area contributed by atoms with Gasteiger partial charge in [-0.3, -0.25) is 4.79 Å². The molecule has 1 unspecified atom stereocenters. The molecule has 0 saturated carbocycles. The van der Waals surface area contributed by atoms with Crippen molar-refractivity contribution < 1.29 is 9.18 Å². The summed E-state index contributed by atoms with van der Waals surface area (Å²) in [6.45, 7) is 2.47. The average molecular weight is 244 g/mol. The summed E-state index contributed by atoms with van der Waals surface area (Å²) in [5.41, 5.74) is 0.346. The third-order valence-corrected chi connectivity index (χ3v) is 2.37. The lowest BCUT2D eigenvalue weighted by Gasteiger charge is -2.06. The Bertz CT molecular complexity index is 355. The van der Waals surface area contributed by atoms with Crippen molar-refractivity contribution in [2.75, 3.05) is 6.54 Å². The van der Waals surface area contributed by atoms with E-state index in [1.54, 1.807) is 6.07 Å². The van der Waals surface area contributed by atoms with Gasteiger partial charge in [-0.15, -0.1) is 11.6 Å². The van der Waals surface area contributed by atoms with Gasteiger partial charge in [0.05, 0.1) is 0 Å². The first-order valence-electron chi connectivity index (χ1n) is 5.27. The number of hydrogen-bond acceptors (Lipinski definition) is 1. The monoisotopic (exact) mass is 243 g/mol. The molecule has 1 atom stereocenters. The van der Waals surface area contributed by atoms with Crippen molar-refractivity contribution in [3.63, 3.8) is 0 Å². The topological polar surface area (TPSA) is 29.1 Å². The lowest BCUT2D eigenvalue weighted by Crippen LogP contribution is -2.24. The van der Waals surface area contributed by atoms with Crippen molar-refractivity contribution in [1.82, 2.24) is 5.32 Å². The lowest BCUT2D eigenvalue weighted by atomic mass is 10.2. The molecule has 0 radical (unpaired) electrons. The first-order valence-corrected chi connectivity index (χ1v) is 5.71. The molecule has 0 aliphatic rings. The summed E-state index contributed by atoms with van der Waals surface area (Å²) < 4.78 is 12.8. The van der Waals surface area contributed by atoms with E-state index in [4.69, 9.17) is 11.6 Å².